The topological polar surface area (TPSA) is 108 Å². The van der Waals surface area contributed by atoms with Gasteiger partial charge in [-0.2, -0.15) is 4.98 Å². The van der Waals surface area contributed by atoms with E-state index >= 15 is 0 Å². The second-order valence-corrected chi connectivity index (χ2v) is 6.04. The Balaban J connectivity index is 0.00000210. The molecule has 1 aliphatic rings. The molecule has 1 N–H and O–H groups in total. The first-order valence-corrected chi connectivity index (χ1v) is 8.39. The first kappa shape index (κ1) is 19.0. The fraction of sp³-hybridized carbons (Fsp3) is 0.353. The van der Waals surface area contributed by atoms with Crippen LogP contribution in [0.25, 0.3) is 23.1 Å². The van der Waals surface area contributed by atoms with E-state index in [2.05, 4.69) is 30.3 Å². The van der Waals surface area contributed by atoms with Gasteiger partial charge in [-0.3, -0.25) is 0 Å². The number of methoxy groups -OCH3 is 1. The molecule has 0 amide bonds. The smallest absolute Gasteiger partial charge is 0.337 e. The molecule has 9 nitrogen and oxygen atoms in total. The van der Waals surface area contributed by atoms with Crippen molar-refractivity contribution in [2.24, 2.45) is 0 Å². The molecule has 0 aliphatic carbocycles. The lowest BCUT2D eigenvalue weighted by Crippen LogP contribution is -2.31. The first-order chi connectivity index (χ1) is 12.7. The third-order valence-electron chi connectivity index (χ3n) is 4.34. The standard InChI is InChI=1S/C17H18N6O3.ClH/c1-25-17(24)12-6-4-11(5-7-12)14-20-16(26-22-14)15-19-10-23(21-15)13-3-2-8-18-9-13;/h4-7,10,13,18H,2-3,8-9H2,1H3;1H. The fourth-order valence-corrected chi connectivity index (χ4v) is 2.91. The zero-order valence-corrected chi connectivity index (χ0v) is 15.5. The van der Waals surface area contributed by atoms with Crippen LogP contribution in [-0.2, 0) is 4.74 Å². The van der Waals surface area contributed by atoms with E-state index in [0.29, 0.717) is 23.3 Å². The van der Waals surface area contributed by atoms with E-state index in [1.165, 1.54) is 7.11 Å². The third-order valence-corrected chi connectivity index (χ3v) is 4.34. The second-order valence-electron chi connectivity index (χ2n) is 6.04. The maximum atomic E-state index is 11.5. The molecule has 142 valence electrons. The summed E-state index contributed by atoms with van der Waals surface area (Å²) in [6, 6.07) is 7.07. The van der Waals surface area contributed by atoms with Gasteiger partial charge in [-0.15, -0.1) is 17.5 Å². The molecule has 1 fully saturated rings. The molecule has 0 spiro atoms. The molecule has 27 heavy (non-hydrogen) atoms. The fourth-order valence-electron chi connectivity index (χ4n) is 2.91. The lowest BCUT2D eigenvalue weighted by Gasteiger charge is -2.22. The number of ether oxygens (including phenoxy) is 1. The van der Waals surface area contributed by atoms with Gasteiger partial charge in [0.2, 0.25) is 11.6 Å². The van der Waals surface area contributed by atoms with E-state index in [-0.39, 0.29) is 18.3 Å². The van der Waals surface area contributed by atoms with Gasteiger partial charge in [-0.25, -0.2) is 14.5 Å². The van der Waals surface area contributed by atoms with Gasteiger partial charge in [0.05, 0.1) is 18.7 Å². The van der Waals surface area contributed by atoms with Crippen LogP contribution < -0.4 is 5.32 Å². The molecule has 2 aromatic heterocycles. The highest BCUT2D eigenvalue weighted by Crippen LogP contribution is 2.22. The molecule has 1 aromatic carbocycles. The van der Waals surface area contributed by atoms with Crippen molar-refractivity contribution in [1.82, 2.24) is 30.2 Å². The predicted molar refractivity (Wildman–Crippen MR) is 98.5 cm³/mol. The van der Waals surface area contributed by atoms with Gasteiger partial charge in [0.1, 0.15) is 6.33 Å². The quantitative estimate of drug-likeness (QED) is 0.675. The van der Waals surface area contributed by atoms with Crippen molar-refractivity contribution in [3.8, 4) is 23.1 Å². The summed E-state index contributed by atoms with van der Waals surface area (Å²) in [5.74, 6) is 0.685. The van der Waals surface area contributed by atoms with Gasteiger partial charge in [-0.1, -0.05) is 17.3 Å². The first-order valence-electron chi connectivity index (χ1n) is 8.39. The summed E-state index contributed by atoms with van der Waals surface area (Å²) >= 11 is 0. The molecule has 0 saturated carbocycles. The zero-order chi connectivity index (χ0) is 17.9. The normalized spacial score (nSPS) is 16.6. The Morgan fingerprint density at radius 2 is 2.11 bits per heavy atom. The number of piperidine rings is 1. The molecule has 1 aliphatic heterocycles. The molecule has 3 heterocycles. The Kier molecular flexibility index (Phi) is 5.82. The molecule has 4 rings (SSSR count). The molecule has 1 unspecified atom stereocenters. The lowest BCUT2D eigenvalue weighted by molar-refractivity contribution is 0.0601. The molecule has 0 bridgehead atoms. The number of nitrogens with one attached hydrogen (secondary N) is 1. The number of benzene rings is 1. The molecule has 0 radical (unpaired) electrons. The van der Waals surface area contributed by atoms with Crippen LogP contribution in [-0.4, -0.2) is 51.1 Å². The van der Waals surface area contributed by atoms with E-state index in [4.69, 9.17) is 4.52 Å². The van der Waals surface area contributed by atoms with Crippen molar-refractivity contribution in [2.75, 3.05) is 20.2 Å². The Morgan fingerprint density at radius 3 is 2.81 bits per heavy atom. The van der Waals surface area contributed by atoms with Crippen LogP contribution >= 0.6 is 12.4 Å². The van der Waals surface area contributed by atoms with Crippen molar-refractivity contribution < 1.29 is 14.1 Å². The van der Waals surface area contributed by atoms with Crippen LogP contribution in [0.5, 0.6) is 0 Å². The number of aromatic nitrogens is 5. The summed E-state index contributed by atoms with van der Waals surface area (Å²) < 4.78 is 11.8. The van der Waals surface area contributed by atoms with Crippen molar-refractivity contribution >= 4 is 18.4 Å². The van der Waals surface area contributed by atoms with Gasteiger partial charge >= 0.3 is 5.97 Å². The number of carbonyl (C=O) groups is 1. The molecule has 1 saturated heterocycles. The van der Waals surface area contributed by atoms with Crippen LogP contribution in [0, 0.1) is 0 Å². The largest absolute Gasteiger partial charge is 0.465 e. The average molecular weight is 391 g/mol. The van der Waals surface area contributed by atoms with Crippen LogP contribution in [0.1, 0.15) is 29.2 Å². The third kappa shape index (κ3) is 3.99. The summed E-state index contributed by atoms with van der Waals surface area (Å²) in [5.41, 5.74) is 1.19. The zero-order valence-electron chi connectivity index (χ0n) is 14.7. The molecule has 3 aromatic rings. The maximum Gasteiger partial charge on any atom is 0.337 e. The number of rotatable bonds is 4. The second kappa shape index (κ2) is 8.28. The Labute approximate surface area is 161 Å². The summed E-state index contributed by atoms with van der Waals surface area (Å²) in [4.78, 5) is 20.1. The highest BCUT2D eigenvalue weighted by molar-refractivity contribution is 5.89. The highest BCUT2D eigenvalue weighted by Gasteiger charge is 2.19. The van der Waals surface area contributed by atoms with Crippen LogP contribution in [0.3, 0.4) is 0 Å². The Bertz CT molecular complexity index is 902. The minimum absolute atomic E-state index is 0. The number of hydrogen-bond donors (Lipinski definition) is 1. The molecule has 1 atom stereocenters. The van der Waals surface area contributed by atoms with Gasteiger partial charge < -0.3 is 14.6 Å². The van der Waals surface area contributed by atoms with Crippen LogP contribution in [0.15, 0.2) is 35.1 Å². The number of halogens is 1. The van der Waals surface area contributed by atoms with Gasteiger partial charge in [0, 0.05) is 12.1 Å². The number of nitrogens with zero attached hydrogens (tertiary/aromatic N) is 5. The van der Waals surface area contributed by atoms with Crippen molar-refractivity contribution in [1.29, 1.82) is 0 Å². The molecular formula is C17H19ClN6O3. The average Bonchev–Trinajstić information content (AvgIpc) is 3.38. The minimum atomic E-state index is -0.391. The van der Waals surface area contributed by atoms with Crippen molar-refractivity contribution in [3.05, 3.63) is 36.2 Å². The van der Waals surface area contributed by atoms with Crippen molar-refractivity contribution in [2.45, 2.75) is 18.9 Å². The SMILES string of the molecule is COC(=O)c1ccc(-c2noc(-c3ncn(C4CCCNC4)n3)n2)cc1.Cl. The number of hydrogen-bond acceptors (Lipinski definition) is 8. The van der Waals surface area contributed by atoms with E-state index in [9.17, 15) is 4.79 Å². The summed E-state index contributed by atoms with van der Waals surface area (Å²) in [7, 11) is 1.34. The maximum absolute atomic E-state index is 11.5. The van der Waals surface area contributed by atoms with E-state index in [1.54, 1.807) is 30.6 Å². The van der Waals surface area contributed by atoms with Gasteiger partial charge in [0.15, 0.2) is 0 Å². The van der Waals surface area contributed by atoms with E-state index < -0.39 is 5.97 Å². The molecular weight excluding hydrogens is 372 g/mol. The Hall–Kier alpha value is -2.78. The minimum Gasteiger partial charge on any atom is -0.465 e. The molecule has 10 heteroatoms. The van der Waals surface area contributed by atoms with E-state index in [0.717, 1.165) is 31.5 Å². The summed E-state index contributed by atoms with van der Waals surface area (Å²) in [6.45, 7) is 1.92. The van der Waals surface area contributed by atoms with Gasteiger partial charge in [0.25, 0.3) is 5.89 Å². The number of esters is 1. The highest BCUT2D eigenvalue weighted by atomic mass is 35.5. The predicted octanol–water partition coefficient (Wildman–Crippen LogP) is 2.13. The van der Waals surface area contributed by atoms with Crippen LogP contribution in [0.2, 0.25) is 0 Å². The van der Waals surface area contributed by atoms with Crippen LogP contribution in [0.4, 0.5) is 0 Å². The lowest BCUT2D eigenvalue weighted by atomic mass is 10.1. The Morgan fingerprint density at radius 1 is 1.30 bits per heavy atom. The van der Waals surface area contributed by atoms with Crippen molar-refractivity contribution in [3.63, 3.8) is 0 Å². The summed E-state index contributed by atoms with van der Waals surface area (Å²) in [5, 5.41) is 11.8. The monoisotopic (exact) mass is 390 g/mol. The number of carbonyl (C=O) groups excluding carboxylic acids is 1. The summed E-state index contributed by atoms with van der Waals surface area (Å²) in [6.07, 6.45) is 3.88. The van der Waals surface area contributed by atoms with Gasteiger partial charge in [-0.05, 0) is 31.5 Å². The van der Waals surface area contributed by atoms with E-state index in [1.807, 2.05) is 4.68 Å².